The van der Waals surface area contributed by atoms with Crippen LogP contribution in [0.3, 0.4) is 0 Å². The summed E-state index contributed by atoms with van der Waals surface area (Å²) in [5.41, 5.74) is 12.1. The Labute approximate surface area is 121 Å². The molecule has 5 N–H and O–H groups in total. The van der Waals surface area contributed by atoms with Crippen molar-refractivity contribution in [2.24, 2.45) is 5.73 Å². The second kappa shape index (κ2) is 5.84. The van der Waals surface area contributed by atoms with Crippen LogP contribution in [0.5, 0.6) is 0 Å². The van der Waals surface area contributed by atoms with Gasteiger partial charge in [0.05, 0.1) is 5.56 Å². The van der Waals surface area contributed by atoms with Gasteiger partial charge in [-0.3, -0.25) is 9.59 Å². The number of amides is 2. The fraction of sp³-hybridized carbons (Fsp3) is 0.286. The lowest BCUT2D eigenvalue weighted by Crippen LogP contribution is -2.31. The summed E-state index contributed by atoms with van der Waals surface area (Å²) in [6, 6.07) is 4.61. The molecule has 1 heterocycles. The molecule has 0 fully saturated rings. The third kappa shape index (κ3) is 3.32. The second-order valence-electron chi connectivity index (χ2n) is 5.01. The van der Waals surface area contributed by atoms with Gasteiger partial charge in [0, 0.05) is 24.2 Å². The molecule has 0 atom stereocenters. The number of carbonyl (C=O) groups is 2. The number of hydrogen-bond acceptors (Lipinski definition) is 5. The van der Waals surface area contributed by atoms with Crippen molar-refractivity contribution in [1.29, 1.82) is 0 Å². The summed E-state index contributed by atoms with van der Waals surface area (Å²) in [6.07, 6.45) is 0. The lowest BCUT2D eigenvalue weighted by atomic mass is 10.1. The molecular weight excluding hydrogens is 272 g/mol. The van der Waals surface area contributed by atoms with Crippen molar-refractivity contribution in [1.82, 2.24) is 10.2 Å². The molecule has 2 aromatic rings. The molecule has 0 unspecified atom stereocenters. The van der Waals surface area contributed by atoms with E-state index in [2.05, 4.69) is 5.32 Å². The maximum Gasteiger partial charge on any atom is 0.284 e. The number of fused-ring (bicyclic) bond motifs is 1. The Balaban J connectivity index is 2.25. The van der Waals surface area contributed by atoms with Crippen molar-refractivity contribution in [3.05, 3.63) is 29.5 Å². The predicted octanol–water partition coefficient (Wildman–Crippen LogP) is 0.405. The summed E-state index contributed by atoms with van der Waals surface area (Å²) in [7, 11) is 3.83. The van der Waals surface area contributed by atoms with Gasteiger partial charge in [-0.1, -0.05) is 0 Å². The van der Waals surface area contributed by atoms with Crippen LogP contribution in [0.1, 0.15) is 20.9 Å². The summed E-state index contributed by atoms with van der Waals surface area (Å²) in [4.78, 5) is 25.1. The van der Waals surface area contributed by atoms with Crippen LogP contribution in [0.4, 0.5) is 5.69 Å². The van der Waals surface area contributed by atoms with E-state index in [9.17, 15) is 9.59 Å². The van der Waals surface area contributed by atoms with E-state index in [0.29, 0.717) is 28.8 Å². The Hall–Kier alpha value is -2.54. The van der Waals surface area contributed by atoms with E-state index >= 15 is 0 Å². The first-order chi connectivity index (χ1) is 9.88. The Morgan fingerprint density at radius 1 is 1.29 bits per heavy atom. The quantitative estimate of drug-likeness (QED) is 0.690. The second-order valence-corrected chi connectivity index (χ2v) is 5.01. The van der Waals surface area contributed by atoms with Gasteiger partial charge < -0.3 is 26.1 Å². The highest BCUT2D eigenvalue weighted by Crippen LogP contribution is 2.25. The van der Waals surface area contributed by atoms with E-state index < -0.39 is 5.91 Å². The van der Waals surface area contributed by atoms with Crippen molar-refractivity contribution >= 4 is 28.5 Å². The van der Waals surface area contributed by atoms with E-state index in [1.54, 1.807) is 6.07 Å². The molecule has 2 amide bonds. The number of furan rings is 1. The monoisotopic (exact) mass is 290 g/mol. The number of nitrogens with one attached hydrogen (secondary N) is 1. The number of likely N-dealkylation sites (N-methyl/N-ethyl adjacent to an activating group) is 1. The van der Waals surface area contributed by atoms with E-state index in [-0.39, 0.29) is 11.7 Å². The normalized spacial score (nSPS) is 11.0. The highest BCUT2D eigenvalue weighted by atomic mass is 16.3. The van der Waals surface area contributed by atoms with E-state index in [1.807, 2.05) is 19.0 Å². The van der Waals surface area contributed by atoms with Crippen LogP contribution in [0, 0.1) is 0 Å². The van der Waals surface area contributed by atoms with Crippen molar-refractivity contribution in [3.63, 3.8) is 0 Å². The van der Waals surface area contributed by atoms with Gasteiger partial charge in [-0.2, -0.15) is 0 Å². The van der Waals surface area contributed by atoms with Gasteiger partial charge in [-0.25, -0.2) is 0 Å². The maximum atomic E-state index is 12.1. The van der Waals surface area contributed by atoms with E-state index in [0.717, 1.165) is 6.54 Å². The highest BCUT2D eigenvalue weighted by molar-refractivity contribution is 6.04. The van der Waals surface area contributed by atoms with Gasteiger partial charge in [0.1, 0.15) is 5.58 Å². The van der Waals surface area contributed by atoms with E-state index in [1.165, 1.54) is 12.1 Å². The summed E-state index contributed by atoms with van der Waals surface area (Å²) in [5.74, 6) is -0.912. The number of benzene rings is 1. The third-order valence-electron chi connectivity index (χ3n) is 3.02. The Bertz CT molecular complexity index is 691. The number of rotatable bonds is 5. The SMILES string of the molecule is CN(C)CCNC(=O)c1cc2oc(C(N)=O)cc2cc1N. The molecule has 0 spiro atoms. The number of nitrogens with two attached hydrogens (primary N) is 2. The van der Waals surface area contributed by atoms with Gasteiger partial charge >= 0.3 is 0 Å². The van der Waals surface area contributed by atoms with Crippen LogP contribution < -0.4 is 16.8 Å². The summed E-state index contributed by atoms with van der Waals surface area (Å²) in [5, 5.41) is 3.40. The zero-order chi connectivity index (χ0) is 15.6. The average Bonchev–Trinajstić information content (AvgIpc) is 2.80. The molecule has 1 aromatic carbocycles. The van der Waals surface area contributed by atoms with Crippen LogP contribution in [-0.4, -0.2) is 43.9 Å². The molecule has 7 heteroatoms. The first kappa shape index (κ1) is 14.9. The zero-order valence-corrected chi connectivity index (χ0v) is 12.0. The molecule has 2 rings (SSSR count). The molecule has 112 valence electrons. The van der Waals surface area contributed by atoms with Crippen molar-refractivity contribution in [3.8, 4) is 0 Å². The molecule has 0 bridgehead atoms. The maximum absolute atomic E-state index is 12.1. The van der Waals surface area contributed by atoms with Gasteiger partial charge in [0.2, 0.25) is 0 Å². The van der Waals surface area contributed by atoms with Crippen LogP contribution in [0.25, 0.3) is 11.0 Å². The molecule has 0 aliphatic carbocycles. The Kier molecular flexibility index (Phi) is 4.13. The standard InChI is InChI=1S/C14H18N4O3/c1-18(2)4-3-17-14(20)9-7-11-8(5-10(9)15)6-12(21-11)13(16)19/h5-7H,3-4,15H2,1-2H3,(H2,16,19)(H,17,20). The minimum Gasteiger partial charge on any atom is -0.451 e. The van der Waals surface area contributed by atoms with Crippen molar-refractivity contribution in [2.75, 3.05) is 32.9 Å². The number of hydrogen-bond donors (Lipinski definition) is 3. The topological polar surface area (TPSA) is 115 Å². The average molecular weight is 290 g/mol. The number of nitrogen functional groups attached to an aromatic ring is 1. The van der Waals surface area contributed by atoms with Crippen LogP contribution >= 0.6 is 0 Å². The number of carbonyl (C=O) groups excluding carboxylic acids is 2. The predicted molar refractivity (Wildman–Crippen MR) is 80.0 cm³/mol. The first-order valence-electron chi connectivity index (χ1n) is 6.44. The summed E-state index contributed by atoms with van der Waals surface area (Å²) >= 11 is 0. The summed E-state index contributed by atoms with van der Waals surface area (Å²) < 4.78 is 5.30. The van der Waals surface area contributed by atoms with E-state index in [4.69, 9.17) is 15.9 Å². The highest BCUT2D eigenvalue weighted by Gasteiger charge is 2.15. The number of primary amides is 1. The molecule has 0 radical (unpaired) electrons. The Morgan fingerprint density at radius 2 is 2.00 bits per heavy atom. The van der Waals surface area contributed by atoms with Gasteiger partial charge in [-0.05, 0) is 32.3 Å². The van der Waals surface area contributed by atoms with Gasteiger partial charge in [-0.15, -0.1) is 0 Å². The number of nitrogens with zero attached hydrogens (tertiary/aromatic N) is 1. The zero-order valence-electron chi connectivity index (χ0n) is 12.0. The lowest BCUT2D eigenvalue weighted by molar-refractivity contribution is 0.0950. The smallest absolute Gasteiger partial charge is 0.284 e. The van der Waals surface area contributed by atoms with Crippen molar-refractivity contribution < 1.29 is 14.0 Å². The minimum atomic E-state index is -0.665. The minimum absolute atomic E-state index is 0.0366. The first-order valence-corrected chi connectivity index (χ1v) is 6.44. The largest absolute Gasteiger partial charge is 0.451 e. The van der Waals surface area contributed by atoms with Crippen LogP contribution in [0.15, 0.2) is 22.6 Å². The molecule has 0 saturated heterocycles. The van der Waals surface area contributed by atoms with Crippen LogP contribution in [-0.2, 0) is 0 Å². The number of anilines is 1. The van der Waals surface area contributed by atoms with Gasteiger partial charge in [0.15, 0.2) is 5.76 Å². The molecule has 7 nitrogen and oxygen atoms in total. The Morgan fingerprint density at radius 3 is 2.62 bits per heavy atom. The van der Waals surface area contributed by atoms with Crippen LogP contribution in [0.2, 0.25) is 0 Å². The fourth-order valence-corrected chi connectivity index (χ4v) is 1.91. The molecule has 0 aliphatic heterocycles. The summed E-state index contributed by atoms with van der Waals surface area (Å²) in [6.45, 7) is 1.23. The molecule has 1 aromatic heterocycles. The third-order valence-corrected chi connectivity index (χ3v) is 3.02. The molecular formula is C14H18N4O3. The lowest BCUT2D eigenvalue weighted by Gasteiger charge is -2.11. The van der Waals surface area contributed by atoms with Crippen molar-refractivity contribution in [2.45, 2.75) is 0 Å². The van der Waals surface area contributed by atoms with Gasteiger partial charge in [0.25, 0.3) is 11.8 Å². The fourth-order valence-electron chi connectivity index (χ4n) is 1.91. The molecule has 21 heavy (non-hydrogen) atoms. The molecule has 0 saturated carbocycles. The molecule has 0 aliphatic rings.